The van der Waals surface area contributed by atoms with Gasteiger partial charge >= 0.3 is 5.97 Å². The summed E-state index contributed by atoms with van der Waals surface area (Å²) in [6.45, 7) is 0. The molecule has 1 heterocycles. The van der Waals surface area contributed by atoms with E-state index in [0.29, 0.717) is 0 Å². The van der Waals surface area contributed by atoms with Gasteiger partial charge in [0.25, 0.3) is 5.66 Å². The van der Waals surface area contributed by atoms with Crippen LogP contribution in [0.3, 0.4) is 0 Å². The van der Waals surface area contributed by atoms with Crippen molar-refractivity contribution in [1.82, 2.24) is 0 Å². The van der Waals surface area contributed by atoms with Crippen molar-refractivity contribution >= 4 is 11.8 Å². The van der Waals surface area contributed by atoms with E-state index < -0.39 is 17.4 Å². The highest BCUT2D eigenvalue weighted by atomic mass is 16.5. The summed E-state index contributed by atoms with van der Waals surface area (Å²) in [4.78, 5) is 28.5. The average Bonchev–Trinajstić information content (AvgIpc) is 2.37. The number of nitrogens with zero attached hydrogens (tertiary/aromatic N) is 6. The molecule has 2 rings (SSSR count). The van der Waals surface area contributed by atoms with E-state index in [4.69, 9.17) is 15.8 Å². The summed E-state index contributed by atoms with van der Waals surface area (Å²) in [5.74, 6) is -2.10. The second-order valence-electron chi connectivity index (χ2n) is 3.27. The van der Waals surface area contributed by atoms with Crippen molar-refractivity contribution in [1.29, 1.82) is 0 Å². The van der Waals surface area contributed by atoms with E-state index in [1.807, 2.05) is 0 Å². The van der Waals surface area contributed by atoms with Crippen molar-refractivity contribution in [2.75, 3.05) is 0 Å². The molecule has 0 fully saturated rings. The van der Waals surface area contributed by atoms with Crippen molar-refractivity contribution in [3.63, 3.8) is 0 Å². The molecule has 9 nitrogen and oxygen atoms in total. The van der Waals surface area contributed by atoms with E-state index in [0.717, 1.165) is 0 Å². The molecular weight excluding hydrogens is 240 g/mol. The first-order valence-corrected chi connectivity index (χ1v) is 4.64. The van der Waals surface area contributed by atoms with Crippen molar-refractivity contribution in [2.45, 2.75) is 5.66 Å². The van der Waals surface area contributed by atoms with Crippen LogP contribution in [-0.2, 0) is 4.79 Å². The SMILES string of the molecule is [N-]=[N+]=NC1(N=[N+]=[N-])C(=O)Oc2ccccc2C1=O. The number of rotatable bonds is 2. The zero-order chi connectivity index (χ0) is 13.2. The fraction of sp³-hybridized carbons (Fsp3) is 0.111. The molecular formula is C9H4N6O3. The van der Waals surface area contributed by atoms with Gasteiger partial charge in [-0.15, -0.1) is 0 Å². The summed E-state index contributed by atoms with van der Waals surface area (Å²) in [5, 5.41) is 6.00. The van der Waals surface area contributed by atoms with E-state index in [1.54, 1.807) is 6.07 Å². The van der Waals surface area contributed by atoms with Gasteiger partial charge in [-0.2, -0.15) is 0 Å². The Bertz CT molecular complexity index is 623. The lowest BCUT2D eigenvalue weighted by Gasteiger charge is -2.25. The van der Waals surface area contributed by atoms with E-state index in [9.17, 15) is 9.59 Å². The Hall–Kier alpha value is -3.02. The molecule has 1 aromatic carbocycles. The number of carbonyl (C=O) groups excluding carboxylic acids is 2. The lowest BCUT2D eigenvalue weighted by atomic mass is 9.96. The molecule has 0 unspecified atom stereocenters. The maximum Gasteiger partial charge on any atom is 0.337 e. The molecule has 0 radical (unpaired) electrons. The highest BCUT2D eigenvalue weighted by molar-refractivity contribution is 6.20. The van der Waals surface area contributed by atoms with E-state index >= 15 is 0 Å². The Labute approximate surface area is 99.2 Å². The molecule has 0 spiro atoms. The number of benzene rings is 1. The summed E-state index contributed by atoms with van der Waals surface area (Å²) in [6, 6.07) is 5.88. The molecule has 0 aliphatic carbocycles. The minimum absolute atomic E-state index is 0.0110. The van der Waals surface area contributed by atoms with Crippen LogP contribution in [0, 0.1) is 0 Å². The van der Waals surface area contributed by atoms with Crippen LogP contribution in [0.25, 0.3) is 20.9 Å². The number of ether oxygens (including phenoxy) is 1. The molecule has 0 bridgehead atoms. The minimum atomic E-state index is -2.54. The first-order valence-electron chi connectivity index (χ1n) is 4.64. The number of fused-ring (bicyclic) bond motifs is 1. The van der Waals surface area contributed by atoms with Crippen LogP contribution >= 0.6 is 0 Å². The molecule has 1 aromatic rings. The molecule has 18 heavy (non-hydrogen) atoms. The number of hydrogen-bond acceptors (Lipinski definition) is 5. The summed E-state index contributed by atoms with van der Waals surface area (Å²) in [6.07, 6.45) is 0. The third-order valence-electron chi connectivity index (χ3n) is 2.31. The number of hydrogen-bond donors (Lipinski definition) is 0. The van der Waals surface area contributed by atoms with Gasteiger partial charge in [-0.05, 0) is 23.2 Å². The molecule has 0 saturated carbocycles. The lowest BCUT2D eigenvalue weighted by Crippen LogP contribution is -2.48. The van der Waals surface area contributed by atoms with E-state index in [-0.39, 0.29) is 11.3 Å². The summed E-state index contributed by atoms with van der Waals surface area (Å²) in [5.41, 5.74) is 14.3. The molecule has 1 aliphatic heterocycles. The molecule has 0 aromatic heterocycles. The minimum Gasteiger partial charge on any atom is -0.425 e. The summed E-state index contributed by atoms with van der Waals surface area (Å²) in [7, 11) is 0. The van der Waals surface area contributed by atoms with E-state index in [1.165, 1.54) is 18.2 Å². The van der Waals surface area contributed by atoms with Crippen molar-refractivity contribution in [2.24, 2.45) is 10.2 Å². The van der Waals surface area contributed by atoms with Gasteiger partial charge in [-0.25, -0.2) is 0 Å². The van der Waals surface area contributed by atoms with Gasteiger partial charge in [-0.3, -0.25) is 9.59 Å². The monoisotopic (exact) mass is 244 g/mol. The fourth-order valence-electron chi connectivity index (χ4n) is 1.52. The van der Waals surface area contributed by atoms with Crippen molar-refractivity contribution in [3.8, 4) is 5.75 Å². The molecule has 1 aliphatic rings. The number of carbonyl (C=O) groups is 2. The van der Waals surface area contributed by atoms with Crippen LogP contribution in [0.1, 0.15) is 10.4 Å². The van der Waals surface area contributed by atoms with Crippen LogP contribution in [0.5, 0.6) is 5.75 Å². The molecule has 0 atom stereocenters. The normalized spacial score (nSPS) is 21.1. The van der Waals surface area contributed by atoms with Gasteiger partial charge in [0, 0.05) is 9.82 Å². The van der Waals surface area contributed by atoms with Gasteiger partial charge in [-0.1, -0.05) is 22.4 Å². The lowest BCUT2D eigenvalue weighted by molar-refractivity contribution is -0.139. The van der Waals surface area contributed by atoms with Crippen molar-refractivity contribution in [3.05, 3.63) is 50.7 Å². The smallest absolute Gasteiger partial charge is 0.337 e. The quantitative estimate of drug-likeness (QED) is 0.196. The van der Waals surface area contributed by atoms with Gasteiger partial charge < -0.3 is 4.74 Å². The number of esters is 1. The zero-order valence-electron chi connectivity index (χ0n) is 8.72. The number of azide groups is 1. The van der Waals surface area contributed by atoms with E-state index in [2.05, 4.69) is 20.1 Å². The number of para-hydroxylation sites is 1. The third kappa shape index (κ3) is 1.44. The molecule has 0 amide bonds. The molecule has 9 heteroatoms. The molecule has 0 N–H and O–H groups in total. The van der Waals surface area contributed by atoms with Crippen LogP contribution in [0.2, 0.25) is 0 Å². The third-order valence-corrected chi connectivity index (χ3v) is 2.31. The Kier molecular flexibility index (Phi) is 2.61. The zero-order valence-corrected chi connectivity index (χ0v) is 8.72. The Morgan fingerprint density at radius 3 is 2.33 bits per heavy atom. The van der Waals surface area contributed by atoms with Gasteiger partial charge in [0.2, 0.25) is 0 Å². The van der Waals surface area contributed by atoms with Crippen LogP contribution in [0.15, 0.2) is 34.5 Å². The Morgan fingerprint density at radius 1 is 1.11 bits per heavy atom. The number of ketones is 1. The first-order chi connectivity index (χ1) is 8.65. The van der Waals surface area contributed by atoms with Crippen molar-refractivity contribution < 1.29 is 14.3 Å². The topological polar surface area (TPSA) is 141 Å². The highest BCUT2D eigenvalue weighted by Gasteiger charge is 2.51. The maximum absolute atomic E-state index is 12.1. The predicted octanol–water partition coefficient (Wildman–Crippen LogP) is 2.11. The van der Waals surface area contributed by atoms with Gasteiger partial charge in [0.15, 0.2) is 5.78 Å². The average molecular weight is 244 g/mol. The highest BCUT2D eigenvalue weighted by Crippen LogP contribution is 2.33. The maximum atomic E-state index is 12.1. The summed E-state index contributed by atoms with van der Waals surface area (Å²) < 4.78 is 4.83. The fourth-order valence-corrected chi connectivity index (χ4v) is 1.52. The first kappa shape index (κ1) is 11.5. The van der Waals surface area contributed by atoms with Crippen LogP contribution in [-0.4, -0.2) is 17.4 Å². The second-order valence-corrected chi connectivity index (χ2v) is 3.27. The Balaban J connectivity index is 2.72. The largest absolute Gasteiger partial charge is 0.425 e. The molecule has 88 valence electrons. The Morgan fingerprint density at radius 2 is 1.72 bits per heavy atom. The van der Waals surface area contributed by atoms with Crippen LogP contribution in [0.4, 0.5) is 0 Å². The number of Topliss-reactive ketones (excluding diaryl/α,β-unsaturated/α-hetero) is 1. The molecule has 0 saturated heterocycles. The van der Waals surface area contributed by atoms with Gasteiger partial charge in [0.1, 0.15) is 5.75 Å². The second kappa shape index (κ2) is 4.10. The summed E-state index contributed by atoms with van der Waals surface area (Å²) >= 11 is 0. The van der Waals surface area contributed by atoms with Crippen LogP contribution < -0.4 is 4.74 Å². The van der Waals surface area contributed by atoms with Gasteiger partial charge in [0.05, 0.1) is 5.56 Å². The standard InChI is InChI=1S/C9H4N6O3/c10-14-12-9(13-15-11)7(16)5-3-1-2-4-6(5)18-8(9)17/h1-4H. The predicted molar refractivity (Wildman–Crippen MR) is 57.4 cm³/mol.